The molecule has 3 heteroatoms. The Hall–Kier alpha value is -10.7. The van der Waals surface area contributed by atoms with E-state index >= 15 is 0 Å². The molecule has 750 valence electrons. The van der Waals surface area contributed by atoms with Gasteiger partial charge in [-0.25, -0.2) is 0 Å². The summed E-state index contributed by atoms with van der Waals surface area (Å²) in [6, 6.07) is 118. The van der Waals surface area contributed by atoms with Crippen LogP contribution in [-0.2, 0) is 21.7 Å². The molecule has 3 nitrogen and oxygen atoms in total. The summed E-state index contributed by atoms with van der Waals surface area (Å²) in [6.45, 7) is 9.44. The second-order valence-electron chi connectivity index (χ2n) is 52.1. The number of fused-ring (bicyclic) bond motifs is 21. The minimum Gasteiger partial charge on any atom is -0.311 e. The summed E-state index contributed by atoms with van der Waals surface area (Å²) in [5, 5.41) is 0. The zero-order valence-electron chi connectivity index (χ0n) is 88.8. The molecule has 0 amide bonds. The molecule has 0 radical (unpaired) electrons. The Kier molecular flexibility index (Phi) is 24.4. The molecule has 13 aromatic rings. The van der Waals surface area contributed by atoms with E-state index in [-0.39, 0.29) is 16.2 Å². The van der Waals surface area contributed by atoms with Gasteiger partial charge in [-0.15, -0.1) is 0 Å². The number of unbranched alkanes of at least 4 members (excludes halogenated alkanes) is 6. The van der Waals surface area contributed by atoms with Crippen LogP contribution in [0.1, 0.15) is 381 Å². The largest absolute Gasteiger partial charge is 0.311 e. The highest BCUT2D eigenvalue weighted by molar-refractivity contribution is 5.90. The third kappa shape index (κ3) is 16.6. The first-order chi connectivity index (χ1) is 72.3. The lowest BCUT2D eigenvalue weighted by molar-refractivity contribution is -0.00518. The molecule has 15 fully saturated rings. The Bertz CT molecular complexity index is 6770. The van der Waals surface area contributed by atoms with Crippen molar-refractivity contribution in [1.29, 1.82) is 0 Å². The van der Waals surface area contributed by atoms with Gasteiger partial charge < -0.3 is 14.7 Å². The van der Waals surface area contributed by atoms with Crippen molar-refractivity contribution >= 4 is 51.2 Å². The summed E-state index contributed by atoms with van der Waals surface area (Å²) in [4.78, 5) is 7.65. The minimum atomic E-state index is 0.00518. The normalized spacial score (nSPS) is 28.9. The van der Waals surface area contributed by atoms with Crippen molar-refractivity contribution < 1.29 is 0 Å². The predicted octanol–water partition coefficient (Wildman–Crippen LogP) is 40.5. The van der Waals surface area contributed by atoms with Crippen LogP contribution in [0.15, 0.2) is 297 Å². The standard InChI is InChI=1S/C51H63N.C50H51N.C43H45N/c1-3-5-7-11-29-51(30-12-8-6-4-2)49-14-10-9-13-45(49)46-28-27-44(35-50(46)51)52(42-23-19-38(20-24-42)47-33-36-15-17-40(47)31-36)43-25-21-39(22-26-43)48-34-37-16-18-41(48)32-37;1-49(2)47-6-4-3-5-44(47)45-22-13-38(28-48(45)49)36-9-16-41(17-10-36)51(42-18-11-37(12-19-42)46-27-32-7-8-39(46)26-32)43-20-14-40(15-21-43)50-29-33-23-34(30-50)25-35(24-33)31-50;1-2-6-41-37(5-1)38-20-19-36(27-42(38)43(41)21-3-4-22-43)44(34-15-11-30(12-16-34)39-25-28-7-9-32(39)23-28)35-17-13-31(14-18-35)40-26-29-8-10-33(40)24-29/h9-10,13-14,19-28,35-37,40-41,47-48H,3-8,11-12,15-18,29-34H2,1-2H3;3-6,9-22,28,32-35,39,46H,7-8,23-27,29-31H2,1-2H3;1-2,5-6,11-20,27-29,32-33,39-40H,3-4,7-10,21-26H2. The first kappa shape index (κ1) is 93.5. The third-order valence-corrected chi connectivity index (χ3v) is 43.8. The lowest BCUT2D eigenvalue weighted by Gasteiger charge is -2.57. The van der Waals surface area contributed by atoms with Crippen LogP contribution in [0.25, 0.3) is 44.5 Å². The second kappa shape index (κ2) is 38.3. The molecule has 31 rings (SSSR count). The second-order valence-corrected chi connectivity index (χ2v) is 52.1. The van der Waals surface area contributed by atoms with E-state index in [1.54, 1.807) is 55.6 Å². The SMILES string of the molecule is CC1(C)c2ccccc2-c2ccc(-c3ccc(N(c4ccc(C5CC6CCC5C6)cc4)c4ccc(C56CC7CC(CC(C7)C5)C6)cc4)cc3)cc21.CCCCCCC1(CCCCCC)c2ccccc2-c2ccc(N(c3ccc(C4CC5CCC4C5)cc3)c3ccc(C4CC5CCC4C5)cc3)cc21.c1ccc2c(c1)-c1ccc(N(c3ccc(C4CC5CCC4C5)cc3)c3ccc(C4CC5CCC4C5)cc3)cc1C21CCCC1. The van der Waals surface area contributed by atoms with Crippen molar-refractivity contribution in [3.05, 3.63) is 364 Å². The van der Waals surface area contributed by atoms with Crippen molar-refractivity contribution in [2.75, 3.05) is 14.7 Å². The van der Waals surface area contributed by atoms with E-state index in [4.69, 9.17) is 0 Å². The third-order valence-electron chi connectivity index (χ3n) is 43.8. The zero-order valence-corrected chi connectivity index (χ0v) is 88.8. The summed E-state index contributed by atoms with van der Waals surface area (Å²) in [6.07, 6.45) is 55.8. The Morgan fingerprint density at radius 1 is 0.238 bits per heavy atom. The zero-order chi connectivity index (χ0) is 97.8. The summed E-state index contributed by atoms with van der Waals surface area (Å²) >= 11 is 0. The summed E-state index contributed by atoms with van der Waals surface area (Å²) in [7, 11) is 0. The van der Waals surface area contributed by atoms with Gasteiger partial charge in [-0.1, -0.05) is 306 Å². The van der Waals surface area contributed by atoms with E-state index in [1.807, 2.05) is 0 Å². The Balaban J connectivity index is 0.000000107. The van der Waals surface area contributed by atoms with Gasteiger partial charge in [0.05, 0.1) is 0 Å². The van der Waals surface area contributed by atoms with E-state index in [2.05, 4.69) is 340 Å². The average Bonchev–Trinajstić information content (AvgIpc) is 1.56. The van der Waals surface area contributed by atoms with E-state index in [0.717, 1.165) is 107 Å². The molecule has 15 atom stereocenters. The molecule has 13 aromatic carbocycles. The van der Waals surface area contributed by atoms with Gasteiger partial charge in [0.2, 0.25) is 0 Å². The van der Waals surface area contributed by atoms with E-state index < -0.39 is 0 Å². The highest BCUT2D eigenvalue weighted by Crippen LogP contribution is 2.66. The first-order valence-corrected chi connectivity index (χ1v) is 60.1. The maximum absolute atomic E-state index is 2.64. The minimum absolute atomic E-state index is 0.00518. The van der Waals surface area contributed by atoms with E-state index in [9.17, 15) is 0 Å². The quantitative estimate of drug-likeness (QED) is 0.0500. The van der Waals surface area contributed by atoms with Crippen molar-refractivity contribution in [2.24, 2.45) is 76.9 Å². The molecule has 0 aliphatic heterocycles. The smallest absolute Gasteiger partial charge is 0.0465 e. The molecule has 147 heavy (non-hydrogen) atoms. The van der Waals surface area contributed by atoms with Gasteiger partial charge in [0.15, 0.2) is 0 Å². The van der Waals surface area contributed by atoms with Gasteiger partial charge >= 0.3 is 0 Å². The molecular weight excluding hydrogens is 1770 g/mol. The molecule has 18 aliphatic rings. The van der Waals surface area contributed by atoms with E-state index in [0.29, 0.717) is 5.41 Å². The number of rotatable bonds is 26. The molecule has 0 aromatic heterocycles. The first-order valence-electron chi connectivity index (χ1n) is 60.1. The van der Waals surface area contributed by atoms with Gasteiger partial charge in [0.1, 0.15) is 0 Å². The molecule has 0 saturated heterocycles. The van der Waals surface area contributed by atoms with Gasteiger partial charge in [-0.2, -0.15) is 0 Å². The average molecular weight is 1930 g/mol. The van der Waals surface area contributed by atoms with Crippen molar-refractivity contribution in [3.8, 4) is 44.5 Å². The Labute approximate surface area is 880 Å². The van der Waals surface area contributed by atoms with Crippen LogP contribution < -0.4 is 14.7 Å². The number of hydrogen-bond donors (Lipinski definition) is 0. The number of benzene rings is 13. The molecule has 15 saturated carbocycles. The highest BCUT2D eigenvalue weighted by atomic mass is 15.2. The van der Waals surface area contributed by atoms with Gasteiger partial charge in [-0.3, -0.25) is 0 Å². The molecular formula is C144H159N3. The molecule has 0 heterocycles. The van der Waals surface area contributed by atoms with Crippen LogP contribution in [0, 0.1) is 76.9 Å². The summed E-state index contributed by atoms with van der Waals surface area (Å²) < 4.78 is 0. The molecule has 0 N–H and O–H groups in total. The molecule has 14 bridgehead atoms. The lowest BCUT2D eigenvalue weighted by atomic mass is 9.48. The molecule has 18 aliphatic carbocycles. The summed E-state index contributed by atoms with van der Waals surface area (Å²) in [5.74, 6) is 16.2. The number of nitrogens with zero attached hydrogens (tertiary/aromatic N) is 3. The van der Waals surface area contributed by atoms with Crippen LogP contribution in [0.4, 0.5) is 51.2 Å². The van der Waals surface area contributed by atoms with Crippen LogP contribution >= 0.6 is 0 Å². The molecule has 15 unspecified atom stereocenters. The van der Waals surface area contributed by atoms with Crippen LogP contribution in [0.3, 0.4) is 0 Å². The van der Waals surface area contributed by atoms with Gasteiger partial charge in [0.25, 0.3) is 0 Å². The van der Waals surface area contributed by atoms with Crippen molar-refractivity contribution in [3.63, 3.8) is 0 Å². The molecule has 1 spiro atoms. The van der Waals surface area contributed by atoms with Gasteiger partial charge in [-0.05, 0) is 499 Å². The van der Waals surface area contributed by atoms with E-state index in [1.165, 1.54) is 364 Å². The maximum atomic E-state index is 2.64. The fourth-order valence-electron chi connectivity index (χ4n) is 37.1. The fraction of sp³-hybridized carbons (Fsp3) is 0.458. The number of hydrogen-bond acceptors (Lipinski definition) is 3. The van der Waals surface area contributed by atoms with Crippen molar-refractivity contribution in [1.82, 2.24) is 0 Å². The Morgan fingerprint density at radius 3 is 0.925 bits per heavy atom. The topological polar surface area (TPSA) is 9.72 Å². The number of anilines is 9. The Morgan fingerprint density at radius 2 is 0.544 bits per heavy atom. The maximum Gasteiger partial charge on any atom is 0.0465 e. The predicted molar refractivity (Wildman–Crippen MR) is 616 cm³/mol. The summed E-state index contributed by atoms with van der Waals surface area (Å²) in [5.41, 5.74) is 42.1. The monoisotopic (exact) mass is 1930 g/mol. The van der Waals surface area contributed by atoms with Crippen molar-refractivity contribution in [2.45, 2.75) is 336 Å². The highest BCUT2D eigenvalue weighted by Gasteiger charge is 2.54. The van der Waals surface area contributed by atoms with Crippen LogP contribution in [0.5, 0.6) is 0 Å². The van der Waals surface area contributed by atoms with Crippen LogP contribution in [-0.4, -0.2) is 0 Å². The van der Waals surface area contributed by atoms with Gasteiger partial charge in [0, 0.05) is 67.4 Å². The lowest BCUT2D eigenvalue weighted by Crippen LogP contribution is -2.48. The fourth-order valence-corrected chi connectivity index (χ4v) is 37.1. The van der Waals surface area contributed by atoms with Crippen LogP contribution in [0.2, 0.25) is 0 Å².